The molecule has 5 nitrogen and oxygen atoms in total. The van der Waals surface area contributed by atoms with Gasteiger partial charge in [0.25, 0.3) is 0 Å². The number of hydrogen-bond donors (Lipinski definition) is 3. The Kier molecular flexibility index (Phi) is 6.00. The van der Waals surface area contributed by atoms with Gasteiger partial charge in [-0.25, -0.2) is 0 Å². The molecular weight excluding hydrogens is 312 g/mol. The Morgan fingerprint density at radius 1 is 1.00 bits per heavy atom. The standard InChI is InChI=1S/C17H19ClN4O/c1-20-17(22-11-13-4-8-15(18)9-5-13)21-10-12-2-6-14(7-3-12)16(19)23/h2-9H,10-11H2,1H3,(H2,19,23)(H2,20,21,22). The Labute approximate surface area is 140 Å². The average Bonchev–Trinajstić information content (AvgIpc) is 2.57. The van der Waals surface area contributed by atoms with Crippen molar-refractivity contribution in [3.63, 3.8) is 0 Å². The number of nitrogens with two attached hydrogens (primary N) is 1. The fourth-order valence-corrected chi connectivity index (χ4v) is 2.11. The summed E-state index contributed by atoms with van der Waals surface area (Å²) in [5.74, 6) is 0.267. The smallest absolute Gasteiger partial charge is 0.248 e. The summed E-state index contributed by atoms with van der Waals surface area (Å²) in [6, 6.07) is 14.8. The first-order valence-electron chi connectivity index (χ1n) is 7.16. The van der Waals surface area contributed by atoms with Crippen LogP contribution in [0.15, 0.2) is 53.5 Å². The molecule has 0 aliphatic carbocycles. The number of nitrogens with zero attached hydrogens (tertiary/aromatic N) is 1. The van der Waals surface area contributed by atoms with Gasteiger partial charge >= 0.3 is 0 Å². The molecule has 0 saturated carbocycles. The van der Waals surface area contributed by atoms with Crippen molar-refractivity contribution in [3.8, 4) is 0 Å². The minimum absolute atomic E-state index is 0.426. The number of rotatable bonds is 5. The van der Waals surface area contributed by atoms with E-state index in [1.807, 2.05) is 36.4 Å². The highest BCUT2D eigenvalue weighted by molar-refractivity contribution is 6.30. The molecular formula is C17H19ClN4O. The van der Waals surface area contributed by atoms with Crippen molar-refractivity contribution in [3.05, 3.63) is 70.2 Å². The number of amides is 1. The summed E-state index contributed by atoms with van der Waals surface area (Å²) in [6.45, 7) is 1.25. The molecule has 0 aliphatic rings. The summed E-state index contributed by atoms with van der Waals surface area (Å²) in [5, 5.41) is 7.16. The Morgan fingerprint density at radius 3 is 1.91 bits per heavy atom. The third-order valence-corrected chi connectivity index (χ3v) is 3.55. The van der Waals surface area contributed by atoms with Gasteiger partial charge in [0.2, 0.25) is 5.91 Å². The van der Waals surface area contributed by atoms with E-state index in [1.54, 1.807) is 19.2 Å². The van der Waals surface area contributed by atoms with Crippen molar-refractivity contribution in [1.29, 1.82) is 0 Å². The molecule has 0 heterocycles. The third kappa shape index (κ3) is 5.30. The largest absolute Gasteiger partial charge is 0.366 e. The van der Waals surface area contributed by atoms with E-state index in [0.29, 0.717) is 24.6 Å². The molecule has 0 aromatic heterocycles. The second-order valence-corrected chi connectivity index (χ2v) is 5.40. The van der Waals surface area contributed by atoms with Crippen LogP contribution in [0.1, 0.15) is 21.5 Å². The van der Waals surface area contributed by atoms with Crippen LogP contribution in [0.25, 0.3) is 0 Å². The number of primary amides is 1. The molecule has 0 atom stereocenters. The second kappa shape index (κ2) is 8.19. The number of halogens is 1. The minimum atomic E-state index is -0.426. The van der Waals surface area contributed by atoms with Crippen molar-refractivity contribution in [1.82, 2.24) is 10.6 Å². The predicted molar refractivity (Wildman–Crippen MR) is 93.5 cm³/mol. The molecule has 120 valence electrons. The minimum Gasteiger partial charge on any atom is -0.366 e. The number of hydrogen-bond acceptors (Lipinski definition) is 2. The number of benzene rings is 2. The third-order valence-electron chi connectivity index (χ3n) is 3.30. The number of aliphatic imine (C=N–C) groups is 1. The van der Waals surface area contributed by atoms with E-state index in [0.717, 1.165) is 16.1 Å². The summed E-state index contributed by atoms with van der Waals surface area (Å²) in [4.78, 5) is 15.2. The summed E-state index contributed by atoms with van der Waals surface area (Å²) >= 11 is 5.86. The first kappa shape index (κ1) is 16.8. The highest BCUT2D eigenvalue weighted by Crippen LogP contribution is 2.09. The van der Waals surface area contributed by atoms with Crippen molar-refractivity contribution >= 4 is 23.5 Å². The van der Waals surface area contributed by atoms with Gasteiger partial charge in [-0.05, 0) is 35.4 Å². The molecule has 2 aromatic carbocycles. The van der Waals surface area contributed by atoms with Crippen LogP contribution in [0.2, 0.25) is 5.02 Å². The van der Waals surface area contributed by atoms with Gasteiger partial charge < -0.3 is 16.4 Å². The van der Waals surface area contributed by atoms with Crippen molar-refractivity contribution < 1.29 is 4.79 Å². The van der Waals surface area contributed by atoms with Gasteiger partial charge in [-0.15, -0.1) is 0 Å². The lowest BCUT2D eigenvalue weighted by atomic mass is 10.1. The van der Waals surface area contributed by atoms with E-state index in [-0.39, 0.29) is 0 Å². The number of carbonyl (C=O) groups is 1. The van der Waals surface area contributed by atoms with Crippen LogP contribution < -0.4 is 16.4 Å². The lowest BCUT2D eigenvalue weighted by molar-refractivity contribution is 0.100. The predicted octanol–water partition coefficient (Wildman–Crippen LogP) is 2.30. The zero-order chi connectivity index (χ0) is 16.7. The molecule has 0 bridgehead atoms. The lowest BCUT2D eigenvalue weighted by Crippen LogP contribution is -2.36. The number of guanidine groups is 1. The summed E-state index contributed by atoms with van der Waals surface area (Å²) in [6.07, 6.45) is 0. The first-order valence-corrected chi connectivity index (χ1v) is 7.54. The van der Waals surface area contributed by atoms with Gasteiger partial charge in [0.05, 0.1) is 0 Å². The molecule has 0 saturated heterocycles. The van der Waals surface area contributed by atoms with E-state index in [9.17, 15) is 4.79 Å². The van der Waals surface area contributed by atoms with Gasteiger partial charge in [-0.1, -0.05) is 35.9 Å². The Balaban J connectivity index is 1.85. The first-order chi connectivity index (χ1) is 11.1. The highest BCUT2D eigenvalue weighted by Gasteiger charge is 2.02. The van der Waals surface area contributed by atoms with E-state index in [4.69, 9.17) is 17.3 Å². The number of nitrogens with one attached hydrogen (secondary N) is 2. The van der Waals surface area contributed by atoms with E-state index >= 15 is 0 Å². The molecule has 0 unspecified atom stereocenters. The molecule has 2 aromatic rings. The second-order valence-electron chi connectivity index (χ2n) is 4.97. The maximum Gasteiger partial charge on any atom is 0.248 e. The van der Waals surface area contributed by atoms with Gasteiger partial charge in [-0.2, -0.15) is 0 Å². The fraction of sp³-hybridized carbons (Fsp3) is 0.176. The molecule has 0 fully saturated rings. The SMILES string of the molecule is CN=C(NCc1ccc(Cl)cc1)NCc1ccc(C(N)=O)cc1. The monoisotopic (exact) mass is 330 g/mol. The van der Waals surface area contributed by atoms with Crippen LogP contribution >= 0.6 is 11.6 Å². The van der Waals surface area contributed by atoms with Crippen LogP contribution in [-0.2, 0) is 13.1 Å². The van der Waals surface area contributed by atoms with E-state index in [2.05, 4.69) is 15.6 Å². The van der Waals surface area contributed by atoms with E-state index < -0.39 is 5.91 Å². The van der Waals surface area contributed by atoms with Crippen molar-refractivity contribution in [2.45, 2.75) is 13.1 Å². The molecule has 0 spiro atoms. The maximum atomic E-state index is 11.0. The zero-order valence-corrected chi connectivity index (χ0v) is 13.6. The molecule has 4 N–H and O–H groups in total. The van der Waals surface area contributed by atoms with Crippen LogP contribution in [0.3, 0.4) is 0 Å². The molecule has 23 heavy (non-hydrogen) atoms. The normalized spacial score (nSPS) is 11.1. The van der Waals surface area contributed by atoms with Crippen LogP contribution in [0.5, 0.6) is 0 Å². The maximum absolute atomic E-state index is 11.0. The van der Waals surface area contributed by atoms with Crippen LogP contribution in [0.4, 0.5) is 0 Å². The Hall–Kier alpha value is -2.53. The molecule has 2 rings (SSSR count). The summed E-state index contributed by atoms with van der Waals surface area (Å²) in [5.41, 5.74) is 7.86. The number of carbonyl (C=O) groups excluding carboxylic acids is 1. The summed E-state index contributed by atoms with van der Waals surface area (Å²) in [7, 11) is 1.72. The van der Waals surface area contributed by atoms with Crippen LogP contribution in [0, 0.1) is 0 Å². The average molecular weight is 331 g/mol. The quantitative estimate of drug-likeness (QED) is 0.581. The molecule has 0 radical (unpaired) electrons. The van der Waals surface area contributed by atoms with Crippen molar-refractivity contribution in [2.24, 2.45) is 10.7 Å². The van der Waals surface area contributed by atoms with E-state index in [1.165, 1.54) is 0 Å². The van der Waals surface area contributed by atoms with Crippen LogP contribution in [-0.4, -0.2) is 18.9 Å². The summed E-state index contributed by atoms with van der Waals surface area (Å²) < 4.78 is 0. The Morgan fingerprint density at radius 2 is 1.48 bits per heavy atom. The lowest BCUT2D eigenvalue weighted by Gasteiger charge is -2.12. The van der Waals surface area contributed by atoms with Gasteiger partial charge in [0.15, 0.2) is 5.96 Å². The van der Waals surface area contributed by atoms with Gasteiger partial charge in [0.1, 0.15) is 0 Å². The molecule has 6 heteroatoms. The molecule has 1 amide bonds. The zero-order valence-electron chi connectivity index (χ0n) is 12.8. The topological polar surface area (TPSA) is 79.5 Å². The van der Waals surface area contributed by atoms with Gasteiger partial charge in [0, 0.05) is 30.7 Å². The fourth-order valence-electron chi connectivity index (χ4n) is 1.98. The van der Waals surface area contributed by atoms with Crippen molar-refractivity contribution in [2.75, 3.05) is 7.05 Å². The highest BCUT2D eigenvalue weighted by atomic mass is 35.5. The Bertz CT molecular complexity index is 681. The van der Waals surface area contributed by atoms with Gasteiger partial charge in [-0.3, -0.25) is 9.79 Å². The molecule has 0 aliphatic heterocycles.